The summed E-state index contributed by atoms with van der Waals surface area (Å²) in [6, 6.07) is 12.0. The van der Waals surface area contributed by atoms with Crippen molar-refractivity contribution in [1.82, 2.24) is 10.2 Å². The average Bonchev–Trinajstić information content (AvgIpc) is 2.79. The van der Waals surface area contributed by atoms with Crippen LogP contribution in [0.1, 0.15) is 49.8 Å². The van der Waals surface area contributed by atoms with Crippen LogP contribution in [0, 0.1) is 13.8 Å². The van der Waals surface area contributed by atoms with Crippen LogP contribution in [0.15, 0.2) is 42.5 Å². The molecule has 2 aromatic rings. The molecule has 0 aliphatic rings. The van der Waals surface area contributed by atoms with Gasteiger partial charge in [0.2, 0.25) is 21.8 Å². The number of sulfonamides is 1. The fourth-order valence-electron chi connectivity index (χ4n) is 3.88. The molecular formula is C26H36ClN3O4S. The van der Waals surface area contributed by atoms with Crippen molar-refractivity contribution in [2.45, 2.75) is 59.5 Å². The number of rotatable bonds is 12. The van der Waals surface area contributed by atoms with E-state index in [1.54, 1.807) is 23.1 Å². The average molecular weight is 522 g/mol. The summed E-state index contributed by atoms with van der Waals surface area (Å²) in [5.74, 6) is -0.406. The largest absolute Gasteiger partial charge is 0.355 e. The standard InChI is InChI=1S/C26H36ClN3O4S/c1-6-24(26(32)28-7-2)29(18-21-11-13-22(27)14-12-21)25(31)9-8-16-30(35(5,33)34)23-15-10-19(3)20(4)17-23/h10-15,17,24H,6-9,16,18H2,1-5H3,(H,28,32)/t24-/m1/s1. The van der Waals surface area contributed by atoms with Gasteiger partial charge in [0.1, 0.15) is 6.04 Å². The number of halogens is 1. The lowest BCUT2D eigenvalue weighted by molar-refractivity contribution is -0.141. The second-order valence-corrected chi connectivity index (χ2v) is 11.0. The van der Waals surface area contributed by atoms with Crippen LogP contribution in [0.5, 0.6) is 0 Å². The van der Waals surface area contributed by atoms with Crippen LogP contribution in [-0.2, 0) is 26.2 Å². The molecule has 0 aliphatic carbocycles. The van der Waals surface area contributed by atoms with Gasteiger partial charge in [0.25, 0.3) is 0 Å². The van der Waals surface area contributed by atoms with Gasteiger partial charge >= 0.3 is 0 Å². The molecule has 0 heterocycles. The summed E-state index contributed by atoms with van der Waals surface area (Å²) in [5, 5.41) is 3.40. The quantitative estimate of drug-likeness (QED) is 0.447. The van der Waals surface area contributed by atoms with Gasteiger partial charge < -0.3 is 10.2 Å². The van der Waals surface area contributed by atoms with Crippen LogP contribution >= 0.6 is 11.6 Å². The topological polar surface area (TPSA) is 86.8 Å². The van der Waals surface area contributed by atoms with Crippen LogP contribution in [-0.4, -0.2) is 50.5 Å². The number of anilines is 1. The fraction of sp³-hybridized carbons (Fsp3) is 0.462. The second kappa shape index (κ2) is 12.9. The van der Waals surface area contributed by atoms with Gasteiger partial charge in [-0.25, -0.2) is 8.42 Å². The van der Waals surface area contributed by atoms with Crippen molar-refractivity contribution in [3.8, 4) is 0 Å². The molecule has 35 heavy (non-hydrogen) atoms. The molecule has 0 fully saturated rings. The molecular weight excluding hydrogens is 486 g/mol. The van der Waals surface area contributed by atoms with Crippen molar-refractivity contribution in [3.63, 3.8) is 0 Å². The lowest BCUT2D eigenvalue weighted by Crippen LogP contribution is -2.49. The molecule has 2 amide bonds. The van der Waals surface area contributed by atoms with Gasteiger partial charge in [0.15, 0.2) is 0 Å². The van der Waals surface area contributed by atoms with E-state index in [4.69, 9.17) is 11.6 Å². The number of hydrogen-bond acceptors (Lipinski definition) is 4. The predicted octanol–water partition coefficient (Wildman–Crippen LogP) is 4.45. The van der Waals surface area contributed by atoms with Crippen molar-refractivity contribution >= 4 is 39.1 Å². The number of hydrogen-bond donors (Lipinski definition) is 1. The zero-order chi connectivity index (χ0) is 26.2. The summed E-state index contributed by atoms with van der Waals surface area (Å²) < 4.78 is 26.3. The van der Waals surface area contributed by atoms with Crippen LogP contribution in [0.2, 0.25) is 5.02 Å². The molecule has 0 unspecified atom stereocenters. The molecule has 1 atom stereocenters. The molecule has 0 aliphatic heterocycles. The molecule has 1 N–H and O–H groups in total. The number of carbonyl (C=O) groups excluding carboxylic acids is 2. The van der Waals surface area contributed by atoms with Crippen molar-refractivity contribution < 1.29 is 18.0 Å². The third-order valence-electron chi connectivity index (χ3n) is 5.93. The lowest BCUT2D eigenvalue weighted by atomic mass is 10.1. The molecule has 0 bridgehead atoms. The van der Waals surface area contributed by atoms with Crippen LogP contribution < -0.4 is 9.62 Å². The zero-order valence-corrected chi connectivity index (χ0v) is 22.7. The smallest absolute Gasteiger partial charge is 0.242 e. The van der Waals surface area contributed by atoms with Crippen LogP contribution in [0.3, 0.4) is 0 Å². The molecule has 192 valence electrons. The highest BCUT2D eigenvalue weighted by atomic mass is 35.5. The van der Waals surface area contributed by atoms with Crippen molar-refractivity contribution in [2.24, 2.45) is 0 Å². The van der Waals surface area contributed by atoms with Crippen molar-refractivity contribution in [2.75, 3.05) is 23.7 Å². The van der Waals surface area contributed by atoms with E-state index in [0.717, 1.165) is 16.7 Å². The summed E-state index contributed by atoms with van der Waals surface area (Å²) in [6.07, 6.45) is 2.06. The lowest BCUT2D eigenvalue weighted by Gasteiger charge is -2.31. The van der Waals surface area contributed by atoms with E-state index < -0.39 is 16.1 Å². The minimum Gasteiger partial charge on any atom is -0.355 e. The number of carbonyl (C=O) groups is 2. The number of nitrogens with zero attached hydrogens (tertiary/aromatic N) is 2. The van der Waals surface area contributed by atoms with Gasteiger partial charge in [-0.3, -0.25) is 13.9 Å². The van der Waals surface area contributed by atoms with E-state index in [9.17, 15) is 18.0 Å². The van der Waals surface area contributed by atoms with Crippen LogP contribution in [0.4, 0.5) is 5.69 Å². The first-order valence-electron chi connectivity index (χ1n) is 11.8. The molecule has 0 radical (unpaired) electrons. The first-order chi connectivity index (χ1) is 16.5. The SMILES string of the molecule is CCNC(=O)[C@@H](CC)N(Cc1ccc(Cl)cc1)C(=O)CCCN(c1ccc(C)c(C)c1)S(C)(=O)=O. The summed E-state index contributed by atoms with van der Waals surface area (Å²) in [7, 11) is -3.53. The maximum Gasteiger partial charge on any atom is 0.242 e. The monoisotopic (exact) mass is 521 g/mol. The van der Waals surface area contributed by atoms with E-state index in [-0.39, 0.29) is 31.3 Å². The van der Waals surface area contributed by atoms with Crippen LogP contribution in [0.25, 0.3) is 0 Å². The fourth-order valence-corrected chi connectivity index (χ4v) is 4.97. The summed E-state index contributed by atoms with van der Waals surface area (Å²) in [4.78, 5) is 27.6. The Balaban J connectivity index is 2.21. The van der Waals surface area contributed by atoms with Crippen molar-refractivity contribution in [3.05, 3.63) is 64.2 Å². The van der Waals surface area contributed by atoms with E-state index in [2.05, 4.69) is 5.32 Å². The summed E-state index contributed by atoms with van der Waals surface area (Å²) in [5.41, 5.74) is 3.51. The Bertz CT molecular complexity index is 1120. The number of nitrogens with one attached hydrogen (secondary N) is 1. The van der Waals surface area contributed by atoms with E-state index in [0.29, 0.717) is 30.1 Å². The molecule has 0 aromatic heterocycles. The Morgan fingerprint density at radius 3 is 2.23 bits per heavy atom. The maximum atomic E-state index is 13.3. The van der Waals surface area contributed by atoms with Gasteiger partial charge in [-0.2, -0.15) is 0 Å². The minimum absolute atomic E-state index is 0.111. The molecule has 0 saturated carbocycles. The maximum absolute atomic E-state index is 13.3. The number of likely N-dealkylation sites (N-methyl/N-ethyl adjacent to an activating group) is 1. The van der Waals surface area contributed by atoms with E-state index in [1.807, 2.05) is 52.0 Å². The molecule has 2 rings (SSSR count). The molecule has 0 spiro atoms. The van der Waals surface area contributed by atoms with Gasteiger partial charge in [-0.05, 0) is 74.6 Å². The van der Waals surface area contributed by atoms with E-state index in [1.165, 1.54) is 10.6 Å². The number of amides is 2. The summed E-state index contributed by atoms with van der Waals surface area (Å²) in [6.45, 7) is 8.51. The molecule has 9 heteroatoms. The van der Waals surface area contributed by atoms with E-state index >= 15 is 0 Å². The van der Waals surface area contributed by atoms with Crippen molar-refractivity contribution in [1.29, 1.82) is 0 Å². The summed E-state index contributed by atoms with van der Waals surface area (Å²) >= 11 is 6.00. The highest BCUT2D eigenvalue weighted by Crippen LogP contribution is 2.22. The Labute approximate surface area is 214 Å². The molecule has 7 nitrogen and oxygen atoms in total. The Morgan fingerprint density at radius 1 is 1.03 bits per heavy atom. The first-order valence-corrected chi connectivity index (χ1v) is 14.1. The third kappa shape index (κ3) is 8.25. The number of benzene rings is 2. The van der Waals surface area contributed by atoms with Gasteiger partial charge in [-0.15, -0.1) is 0 Å². The van der Waals surface area contributed by atoms with Gasteiger partial charge in [0.05, 0.1) is 11.9 Å². The molecule has 0 saturated heterocycles. The zero-order valence-electron chi connectivity index (χ0n) is 21.2. The third-order valence-corrected chi connectivity index (χ3v) is 7.38. The highest BCUT2D eigenvalue weighted by Gasteiger charge is 2.28. The Kier molecular flexibility index (Phi) is 10.6. The van der Waals surface area contributed by atoms with Gasteiger partial charge in [0, 0.05) is 31.1 Å². The predicted molar refractivity (Wildman–Crippen MR) is 142 cm³/mol. The highest BCUT2D eigenvalue weighted by molar-refractivity contribution is 7.92. The normalized spacial score (nSPS) is 12.2. The minimum atomic E-state index is -3.53. The number of aryl methyl sites for hydroxylation is 2. The second-order valence-electron chi connectivity index (χ2n) is 8.67. The van der Waals surface area contributed by atoms with Gasteiger partial charge in [-0.1, -0.05) is 36.7 Å². The molecule has 2 aromatic carbocycles. The first kappa shape index (κ1) is 28.7. The Morgan fingerprint density at radius 2 is 1.69 bits per heavy atom. The Hall–Kier alpha value is -2.58.